The molecule has 1 atom stereocenters. The summed E-state index contributed by atoms with van der Waals surface area (Å²) in [4.78, 5) is 0.347. The van der Waals surface area contributed by atoms with Crippen molar-refractivity contribution in [3.8, 4) is 0 Å². The first-order chi connectivity index (χ1) is 8.87. The SMILES string of the molecule is CC1(C)CC1Nc1ccc(S(=O)(=O)NC2CC2)cc1. The molecule has 2 aliphatic rings. The molecule has 1 aromatic carbocycles. The van der Waals surface area contributed by atoms with Crippen molar-refractivity contribution in [3.63, 3.8) is 0 Å². The van der Waals surface area contributed by atoms with Gasteiger partial charge in [-0.25, -0.2) is 13.1 Å². The van der Waals surface area contributed by atoms with Crippen LogP contribution in [0, 0.1) is 5.41 Å². The molecule has 1 aromatic rings. The van der Waals surface area contributed by atoms with Crippen molar-refractivity contribution in [1.29, 1.82) is 0 Å². The van der Waals surface area contributed by atoms with Gasteiger partial charge < -0.3 is 5.32 Å². The average Bonchev–Trinajstić information content (AvgIpc) is 3.21. The highest BCUT2D eigenvalue weighted by Crippen LogP contribution is 2.46. The van der Waals surface area contributed by atoms with Gasteiger partial charge in [-0.2, -0.15) is 0 Å². The van der Waals surface area contributed by atoms with Crippen molar-refractivity contribution in [2.45, 2.75) is 50.1 Å². The summed E-state index contributed by atoms with van der Waals surface area (Å²) in [6.07, 6.45) is 3.07. The van der Waals surface area contributed by atoms with Crippen LogP contribution in [-0.4, -0.2) is 20.5 Å². The van der Waals surface area contributed by atoms with Crippen LogP contribution in [0.4, 0.5) is 5.69 Å². The monoisotopic (exact) mass is 280 g/mol. The number of rotatable bonds is 5. The van der Waals surface area contributed by atoms with Gasteiger partial charge in [-0.3, -0.25) is 0 Å². The quantitative estimate of drug-likeness (QED) is 0.870. The van der Waals surface area contributed by atoms with Crippen LogP contribution in [0.3, 0.4) is 0 Å². The molecule has 0 radical (unpaired) electrons. The molecule has 104 valence electrons. The van der Waals surface area contributed by atoms with Crippen molar-refractivity contribution in [3.05, 3.63) is 24.3 Å². The topological polar surface area (TPSA) is 58.2 Å². The van der Waals surface area contributed by atoms with E-state index in [1.54, 1.807) is 12.1 Å². The van der Waals surface area contributed by atoms with E-state index in [9.17, 15) is 8.42 Å². The Kier molecular flexibility index (Phi) is 2.87. The summed E-state index contributed by atoms with van der Waals surface area (Å²) in [6.45, 7) is 4.45. The number of anilines is 1. The molecule has 0 bridgehead atoms. The fourth-order valence-corrected chi connectivity index (χ4v) is 3.44. The average molecular weight is 280 g/mol. The molecule has 2 aliphatic carbocycles. The van der Waals surface area contributed by atoms with Gasteiger partial charge in [0.25, 0.3) is 0 Å². The largest absolute Gasteiger partial charge is 0.382 e. The van der Waals surface area contributed by atoms with E-state index in [4.69, 9.17) is 0 Å². The molecule has 3 rings (SSSR count). The van der Waals surface area contributed by atoms with Gasteiger partial charge in [-0.15, -0.1) is 0 Å². The lowest BCUT2D eigenvalue weighted by molar-refractivity contribution is 0.581. The third kappa shape index (κ3) is 2.92. The Morgan fingerprint density at radius 2 is 1.74 bits per heavy atom. The highest BCUT2D eigenvalue weighted by atomic mass is 32.2. The van der Waals surface area contributed by atoms with Gasteiger partial charge in [0, 0.05) is 17.8 Å². The second-order valence-corrected chi connectivity index (χ2v) is 8.02. The minimum absolute atomic E-state index is 0.148. The minimum atomic E-state index is -3.33. The lowest BCUT2D eigenvalue weighted by Crippen LogP contribution is -2.25. The predicted molar refractivity (Wildman–Crippen MR) is 75.6 cm³/mol. The van der Waals surface area contributed by atoms with Gasteiger partial charge in [0.05, 0.1) is 4.90 Å². The molecule has 2 fully saturated rings. The highest BCUT2D eigenvalue weighted by molar-refractivity contribution is 7.89. The van der Waals surface area contributed by atoms with E-state index in [0.29, 0.717) is 16.4 Å². The molecular formula is C14H20N2O2S. The molecule has 0 saturated heterocycles. The van der Waals surface area contributed by atoms with Crippen molar-refractivity contribution < 1.29 is 8.42 Å². The number of hydrogen-bond donors (Lipinski definition) is 2. The van der Waals surface area contributed by atoms with Crippen molar-refractivity contribution in [2.75, 3.05) is 5.32 Å². The first kappa shape index (κ1) is 12.9. The summed E-state index contributed by atoms with van der Waals surface area (Å²) in [7, 11) is -3.33. The van der Waals surface area contributed by atoms with E-state index >= 15 is 0 Å². The zero-order valence-corrected chi connectivity index (χ0v) is 12.1. The van der Waals surface area contributed by atoms with Crippen molar-refractivity contribution in [2.24, 2.45) is 5.41 Å². The van der Waals surface area contributed by atoms with Gasteiger partial charge in [-0.05, 0) is 48.9 Å². The number of nitrogens with one attached hydrogen (secondary N) is 2. The van der Waals surface area contributed by atoms with Crippen LogP contribution in [0.1, 0.15) is 33.1 Å². The standard InChI is InChI=1S/C14H20N2O2S/c1-14(2)9-13(14)15-10-5-7-12(8-6-10)19(17,18)16-11-3-4-11/h5-8,11,13,15-16H,3-4,9H2,1-2H3. The maximum Gasteiger partial charge on any atom is 0.240 e. The van der Waals surface area contributed by atoms with Crippen LogP contribution < -0.4 is 10.0 Å². The van der Waals surface area contributed by atoms with Gasteiger partial charge in [0.2, 0.25) is 10.0 Å². The molecule has 0 heterocycles. The van der Waals surface area contributed by atoms with Gasteiger partial charge in [0.1, 0.15) is 0 Å². The van der Waals surface area contributed by atoms with E-state index in [2.05, 4.69) is 23.9 Å². The van der Waals surface area contributed by atoms with E-state index in [1.807, 2.05) is 12.1 Å². The second kappa shape index (κ2) is 4.21. The molecular weight excluding hydrogens is 260 g/mol. The van der Waals surface area contributed by atoms with Gasteiger partial charge in [-0.1, -0.05) is 13.8 Å². The molecule has 5 heteroatoms. The summed E-state index contributed by atoms with van der Waals surface area (Å²) in [5, 5.41) is 3.42. The summed E-state index contributed by atoms with van der Waals surface area (Å²) in [5.74, 6) is 0. The Morgan fingerprint density at radius 3 is 2.21 bits per heavy atom. The first-order valence-corrected chi connectivity index (χ1v) is 8.24. The summed E-state index contributed by atoms with van der Waals surface area (Å²) in [5.41, 5.74) is 1.35. The molecule has 0 spiro atoms. The molecule has 0 amide bonds. The van der Waals surface area contributed by atoms with E-state index in [1.165, 1.54) is 0 Å². The van der Waals surface area contributed by atoms with Crippen LogP contribution in [0.25, 0.3) is 0 Å². The fourth-order valence-electron chi connectivity index (χ4n) is 2.13. The van der Waals surface area contributed by atoms with Crippen LogP contribution >= 0.6 is 0 Å². The summed E-state index contributed by atoms with van der Waals surface area (Å²) < 4.78 is 26.7. The van der Waals surface area contributed by atoms with E-state index in [0.717, 1.165) is 24.9 Å². The Balaban J connectivity index is 1.68. The maximum absolute atomic E-state index is 12.0. The number of hydrogen-bond acceptors (Lipinski definition) is 3. The normalized spacial score (nSPS) is 25.1. The number of sulfonamides is 1. The Morgan fingerprint density at radius 1 is 1.16 bits per heavy atom. The zero-order chi connectivity index (χ0) is 13.7. The third-order valence-corrected chi connectivity index (χ3v) is 5.45. The van der Waals surface area contributed by atoms with Crippen LogP contribution in [0.15, 0.2) is 29.2 Å². The summed E-state index contributed by atoms with van der Waals surface area (Å²) >= 11 is 0. The molecule has 1 unspecified atom stereocenters. The Hall–Kier alpha value is -1.07. The lowest BCUT2D eigenvalue weighted by atomic mass is 10.2. The third-order valence-electron chi connectivity index (χ3n) is 3.92. The zero-order valence-electron chi connectivity index (χ0n) is 11.3. The molecule has 0 aliphatic heterocycles. The highest BCUT2D eigenvalue weighted by Gasteiger charge is 2.45. The van der Waals surface area contributed by atoms with Crippen LogP contribution in [-0.2, 0) is 10.0 Å². The lowest BCUT2D eigenvalue weighted by Gasteiger charge is -2.10. The Bertz CT molecular complexity index is 574. The molecule has 0 aromatic heterocycles. The molecule has 19 heavy (non-hydrogen) atoms. The van der Waals surface area contributed by atoms with Crippen molar-refractivity contribution in [1.82, 2.24) is 4.72 Å². The number of benzene rings is 1. The first-order valence-electron chi connectivity index (χ1n) is 6.76. The van der Waals surface area contributed by atoms with Crippen LogP contribution in [0.5, 0.6) is 0 Å². The summed E-state index contributed by atoms with van der Waals surface area (Å²) in [6, 6.07) is 7.67. The second-order valence-electron chi connectivity index (χ2n) is 6.31. The van der Waals surface area contributed by atoms with E-state index < -0.39 is 10.0 Å². The smallest absolute Gasteiger partial charge is 0.240 e. The Labute approximate surface area is 114 Å². The molecule has 2 N–H and O–H groups in total. The molecule has 2 saturated carbocycles. The predicted octanol–water partition coefficient (Wildman–Crippen LogP) is 2.34. The van der Waals surface area contributed by atoms with E-state index in [-0.39, 0.29) is 6.04 Å². The van der Waals surface area contributed by atoms with Crippen LogP contribution in [0.2, 0.25) is 0 Å². The van der Waals surface area contributed by atoms with Gasteiger partial charge in [0.15, 0.2) is 0 Å². The van der Waals surface area contributed by atoms with Gasteiger partial charge >= 0.3 is 0 Å². The van der Waals surface area contributed by atoms with Crippen molar-refractivity contribution >= 4 is 15.7 Å². The molecule has 4 nitrogen and oxygen atoms in total. The minimum Gasteiger partial charge on any atom is -0.382 e. The maximum atomic E-state index is 12.0. The fraction of sp³-hybridized carbons (Fsp3) is 0.571.